The summed E-state index contributed by atoms with van der Waals surface area (Å²) in [4.78, 5) is 2.29. The summed E-state index contributed by atoms with van der Waals surface area (Å²) in [5.74, 6) is -0.242. The third-order valence-electron chi connectivity index (χ3n) is 4.58. The van der Waals surface area contributed by atoms with Gasteiger partial charge in [-0.3, -0.25) is 4.90 Å². The number of benzene rings is 1. The van der Waals surface area contributed by atoms with Crippen LogP contribution in [0.15, 0.2) is 23.1 Å². The average Bonchev–Trinajstić information content (AvgIpc) is 3.11. The predicted molar refractivity (Wildman–Crippen MR) is 96.9 cm³/mol. The summed E-state index contributed by atoms with van der Waals surface area (Å²) >= 11 is 5.87. The number of alkyl halides is 2. The van der Waals surface area contributed by atoms with Crippen LogP contribution in [0.25, 0.3) is 0 Å². The zero-order valence-electron chi connectivity index (χ0n) is 13.9. The van der Waals surface area contributed by atoms with Gasteiger partial charge in [-0.15, -0.1) is 12.4 Å². The molecule has 11 heteroatoms. The smallest absolute Gasteiger partial charge is 0.387 e. The highest BCUT2D eigenvalue weighted by Gasteiger charge is 2.32. The molecule has 1 aromatic carbocycles. The number of hydrogen-bond acceptors (Lipinski definition) is 5. The maximum absolute atomic E-state index is 12.7. The Labute approximate surface area is 162 Å². The summed E-state index contributed by atoms with van der Waals surface area (Å²) in [6.07, 6.45) is 1.08. The van der Waals surface area contributed by atoms with E-state index in [1.54, 1.807) is 0 Å². The van der Waals surface area contributed by atoms with Gasteiger partial charge in [0.05, 0.1) is 9.92 Å². The normalized spacial score (nSPS) is 22.4. The van der Waals surface area contributed by atoms with Crippen molar-refractivity contribution in [1.82, 2.24) is 14.5 Å². The lowest BCUT2D eigenvalue weighted by Crippen LogP contribution is -2.52. The fourth-order valence-electron chi connectivity index (χ4n) is 3.24. The molecule has 2 heterocycles. The van der Waals surface area contributed by atoms with Gasteiger partial charge in [0.25, 0.3) is 0 Å². The Morgan fingerprint density at radius 2 is 1.92 bits per heavy atom. The maximum atomic E-state index is 12.7. The summed E-state index contributed by atoms with van der Waals surface area (Å²) in [6, 6.07) is 4.01. The minimum Gasteiger partial charge on any atom is -0.433 e. The lowest BCUT2D eigenvalue weighted by atomic mass is 10.2. The summed E-state index contributed by atoms with van der Waals surface area (Å²) in [5.41, 5.74) is 0. The van der Waals surface area contributed by atoms with E-state index in [0.717, 1.165) is 31.6 Å². The van der Waals surface area contributed by atoms with Crippen LogP contribution in [0.2, 0.25) is 5.02 Å². The van der Waals surface area contributed by atoms with Crippen LogP contribution in [-0.4, -0.2) is 69.5 Å². The molecule has 0 amide bonds. The van der Waals surface area contributed by atoms with Crippen LogP contribution in [0.5, 0.6) is 5.75 Å². The van der Waals surface area contributed by atoms with Gasteiger partial charge in [0.1, 0.15) is 5.75 Å². The van der Waals surface area contributed by atoms with Gasteiger partial charge in [-0.25, -0.2) is 8.42 Å². The van der Waals surface area contributed by atoms with Crippen molar-refractivity contribution in [1.29, 1.82) is 0 Å². The monoisotopic (exact) mass is 431 g/mol. The van der Waals surface area contributed by atoms with E-state index in [4.69, 9.17) is 11.6 Å². The van der Waals surface area contributed by atoms with Crippen LogP contribution in [0.4, 0.5) is 8.78 Å². The molecular formula is C15H21Cl2F2N3O3S. The zero-order valence-corrected chi connectivity index (χ0v) is 16.3. The molecule has 0 spiro atoms. The summed E-state index contributed by atoms with van der Waals surface area (Å²) < 4.78 is 55.7. The van der Waals surface area contributed by atoms with Crippen LogP contribution in [0, 0.1) is 0 Å². The molecule has 0 bridgehead atoms. The van der Waals surface area contributed by atoms with Gasteiger partial charge in [0.2, 0.25) is 10.0 Å². The second-order valence-corrected chi connectivity index (χ2v) is 8.40. The second-order valence-electron chi connectivity index (χ2n) is 6.06. The van der Waals surface area contributed by atoms with Gasteiger partial charge in [-0.05, 0) is 31.2 Å². The van der Waals surface area contributed by atoms with Crippen molar-refractivity contribution in [3.05, 3.63) is 23.2 Å². The molecule has 2 aliphatic rings. The molecular weight excluding hydrogens is 411 g/mol. The molecule has 0 saturated carbocycles. The second kappa shape index (κ2) is 8.99. The first-order valence-corrected chi connectivity index (χ1v) is 9.89. The highest BCUT2D eigenvalue weighted by molar-refractivity contribution is 7.89. The Balaban J connectivity index is 0.00000243. The number of rotatable bonds is 5. The largest absolute Gasteiger partial charge is 0.433 e. The molecule has 148 valence electrons. The van der Waals surface area contributed by atoms with Crippen molar-refractivity contribution < 1.29 is 21.9 Å². The minimum absolute atomic E-state index is 0. The molecule has 0 radical (unpaired) electrons. The molecule has 2 aliphatic heterocycles. The van der Waals surface area contributed by atoms with Crippen LogP contribution in [-0.2, 0) is 10.0 Å². The van der Waals surface area contributed by atoms with E-state index in [-0.39, 0.29) is 28.1 Å². The Hall–Kier alpha value is -0.710. The van der Waals surface area contributed by atoms with Crippen LogP contribution >= 0.6 is 24.0 Å². The molecule has 0 aromatic heterocycles. The van der Waals surface area contributed by atoms with E-state index in [9.17, 15) is 17.2 Å². The van der Waals surface area contributed by atoms with Crippen molar-refractivity contribution >= 4 is 34.0 Å². The predicted octanol–water partition coefficient (Wildman–Crippen LogP) is 2.03. The van der Waals surface area contributed by atoms with Crippen molar-refractivity contribution in [2.45, 2.75) is 24.0 Å². The number of hydrogen-bond donors (Lipinski definition) is 1. The Bertz CT molecular complexity index is 710. The minimum atomic E-state index is -3.71. The summed E-state index contributed by atoms with van der Waals surface area (Å²) in [7, 11) is -3.71. The van der Waals surface area contributed by atoms with Crippen LogP contribution < -0.4 is 10.1 Å². The summed E-state index contributed by atoms with van der Waals surface area (Å²) in [5, 5.41) is 3.15. The Morgan fingerprint density at radius 1 is 1.23 bits per heavy atom. The van der Waals surface area contributed by atoms with Gasteiger partial charge in [0.15, 0.2) is 0 Å². The van der Waals surface area contributed by atoms with Crippen molar-refractivity contribution in [2.24, 2.45) is 0 Å². The fraction of sp³-hybridized carbons (Fsp3) is 0.600. The zero-order chi connectivity index (χ0) is 18.0. The molecule has 1 atom stereocenters. The van der Waals surface area contributed by atoms with Crippen LogP contribution in [0.3, 0.4) is 0 Å². The molecule has 1 N–H and O–H groups in total. The van der Waals surface area contributed by atoms with Crippen molar-refractivity contribution in [2.75, 3.05) is 39.3 Å². The number of ether oxygens (including phenoxy) is 1. The van der Waals surface area contributed by atoms with Gasteiger partial charge in [-0.1, -0.05) is 11.6 Å². The molecule has 3 rings (SSSR count). The standard InChI is InChI=1S/C15H20ClF2N3O3S.ClH/c16-13-9-12(1-2-14(13)24-15(17)18)25(22,23)21-7-5-20(6-8-21)11-3-4-19-10-11;/h1-2,9,11,15,19H,3-8,10H2;1H. The SMILES string of the molecule is Cl.O=S(=O)(c1ccc(OC(F)F)c(Cl)c1)N1CCN(C2CCNC2)CC1. The van der Waals surface area contributed by atoms with E-state index in [1.165, 1.54) is 10.4 Å². The third kappa shape index (κ3) is 4.76. The van der Waals surface area contributed by atoms with Crippen molar-refractivity contribution in [3.63, 3.8) is 0 Å². The molecule has 26 heavy (non-hydrogen) atoms. The summed E-state index contributed by atoms with van der Waals surface area (Å²) in [6.45, 7) is 1.05. The molecule has 6 nitrogen and oxygen atoms in total. The van der Waals surface area contributed by atoms with Gasteiger partial charge >= 0.3 is 6.61 Å². The first kappa shape index (κ1) is 21.6. The Morgan fingerprint density at radius 3 is 2.46 bits per heavy atom. The molecule has 1 unspecified atom stereocenters. The highest BCUT2D eigenvalue weighted by Crippen LogP contribution is 2.30. The van der Waals surface area contributed by atoms with Crippen molar-refractivity contribution in [3.8, 4) is 5.75 Å². The topological polar surface area (TPSA) is 61.9 Å². The van der Waals surface area contributed by atoms with E-state index in [1.807, 2.05) is 0 Å². The van der Waals surface area contributed by atoms with E-state index >= 15 is 0 Å². The van der Waals surface area contributed by atoms with Gasteiger partial charge < -0.3 is 10.1 Å². The lowest BCUT2D eigenvalue weighted by Gasteiger charge is -2.37. The first-order valence-electron chi connectivity index (χ1n) is 8.07. The average molecular weight is 432 g/mol. The van der Waals surface area contributed by atoms with Crippen LogP contribution in [0.1, 0.15) is 6.42 Å². The molecule has 2 fully saturated rings. The third-order valence-corrected chi connectivity index (χ3v) is 6.77. The highest BCUT2D eigenvalue weighted by atomic mass is 35.5. The van der Waals surface area contributed by atoms with Gasteiger partial charge in [0, 0.05) is 38.8 Å². The van der Waals surface area contributed by atoms with E-state index < -0.39 is 16.6 Å². The quantitative estimate of drug-likeness (QED) is 0.772. The lowest BCUT2D eigenvalue weighted by molar-refractivity contribution is -0.0498. The first-order chi connectivity index (χ1) is 11.9. The number of nitrogens with one attached hydrogen (secondary N) is 1. The van der Waals surface area contributed by atoms with E-state index in [0.29, 0.717) is 32.2 Å². The Kier molecular flexibility index (Phi) is 7.46. The maximum Gasteiger partial charge on any atom is 0.387 e. The molecule has 1 aromatic rings. The molecule has 0 aliphatic carbocycles. The number of halogens is 4. The number of sulfonamides is 1. The van der Waals surface area contributed by atoms with Gasteiger partial charge in [-0.2, -0.15) is 13.1 Å². The number of nitrogens with zero attached hydrogens (tertiary/aromatic N) is 2. The number of piperazine rings is 1. The fourth-order valence-corrected chi connectivity index (χ4v) is 4.98. The molecule has 2 saturated heterocycles. The van der Waals surface area contributed by atoms with E-state index in [2.05, 4.69) is 15.0 Å².